The van der Waals surface area contributed by atoms with E-state index in [1.165, 1.54) is 14.2 Å². The number of carbonyl (C=O) groups excluding carboxylic acids is 2. The van der Waals surface area contributed by atoms with Crippen LogP contribution in [-0.4, -0.2) is 32.8 Å². The maximum atomic E-state index is 11.7. The third kappa shape index (κ3) is 4.28. The largest absolute Gasteiger partial charge is 0.494 e. The van der Waals surface area contributed by atoms with Crippen molar-refractivity contribution >= 4 is 11.9 Å². The van der Waals surface area contributed by atoms with Crippen molar-refractivity contribution < 1.29 is 23.8 Å². The van der Waals surface area contributed by atoms with E-state index in [4.69, 9.17) is 9.47 Å². The van der Waals surface area contributed by atoms with Gasteiger partial charge >= 0.3 is 11.9 Å². The fourth-order valence-corrected chi connectivity index (χ4v) is 1.69. The summed E-state index contributed by atoms with van der Waals surface area (Å²) >= 11 is 0. The first-order valence-corrected chi connectivity index (χ1v) is 5.99. The maximum Gasteiger partial charge on any atom is 0.313 e. The lowest BCUT2D eigenvalue weighted by Gasteiger charge is -2.14. The summed E-state index contributed by atoms with van der Waals surface area (Å²) in [6.07, 6.45) is -0.0445. The van der Waals surface area contributed by atoms with Crippen LogP contribution in [0.5, 0.6) is 5.75 Å². The topological polar surface area (TPSA) is 61.8 Å². The molecule has 0 radical (unpaired) electrons. The first-order valence-electron chi connectivity index (χ1n) is 5.99. The van der Waals surface area contributed by atoms with Crippen molar-refractivity contribution in [3.8, 4) is 5.75 Å². The minimum Gasteiger partial charge on any atom is -0.494 e. The highest BCUT2D eigenvalue weighted by molar-refractivity contribution is 5.84. The third-order valence-electron chi connectivity index (χ3n) is 2.68. The summed E-state index contributed by atoms with van der Waals surface area (Å²) in [6, 6.07) is 7.00. The summed E-state index contributed by atoms with van der Waals surface area (Å²) in [5.74, 6) is -0.861. The minimum atomic E-state index is -0.659. The predicted octanol–water partition coefficient (Wildman–Crippen LogP) is 1.90. The number of esters is 2. The zero-order valence-electron chi connectivity index (χ0n) is 11.3. The first kappa shape index (κ1) is 15.0. The molecule has 0 bridgehead atoms. The van der Waals surface area contributed by atoms with Crippen molar-refractivity contribution in [1.29, 1.82) is 0 Å². The lowest BCUT2D eigenvalue weighted by Crippen LogP contribution is -2.18. The summed E-state index contributed by atoms with van der Waals surface area (Å²) in [6.45, 7) is 2.46. The Morgan fingerprint density at radius 3 is 2.21 bits per heavy atom. The summed E-state index contributed by atoms with van der Waals surface area (Å²) in [5, 5.41) is 0. The zero-order chi connectivity index (χ0) is 14.3. The Morgan fingerprint density at radius 1 is 1.11 bits per heavy atom. The molecule has 0 N–H and O–H groups in total. The average Bonchev–Trinajstić information content (AvgIpc) is 2.45. The molecule has 0 aliphatic carbocycles. The van der Waals surface area contributed by atoms with Crippen LogP contribution < -0.4 is 4.74 Å². The molecule has 0 unspecified atom stereocenters. The number of rotatable bonds is 6. The Kier molecular flexibility index (Phi) is 5.85. The van der Waals surface area contributed by atoms with Gasteiger partial charge < -0.3 is 14.2 Å². The molecular formula is C14H18O5. The van der Waals surface area contributed by atoms with Gasteiger partial charge in [0.2, 0.25) is 0 Å². The molecule has 1 atom stereocenters. The molecule has 0 amide bonds. The second-order valence-corrected chi connectivity index (χ2v) is 3.86. The maximum absolute atomic E-state index is 11.7. The molecule has 5 heteroatoms. The molecule has 104 valence electrons. The summed E-state index contributed by atoms with van der Waals surface area (Å²) in [4.78, 5) is 23.0. The van der Waals surface area contributed by atoms with E-state index in [1.807, 2.05) is 6.92 Å². The highest BCUT2D eigenvalue weighted by Crippen LogP contribution is 2.24. The van der Waals surface area contributed by atoms with E-state index < -0.39 is 17.9 Å². The van der Waals surface area contributed by atoms with Gasteiger partial charge in [-0.1, -0.05) is 12.1 Å². The lowest BCUT2D eigenvalue weighted by molar-refractivity contribution is -0.149. The van der Waals surface area contributed by atoms with E-state index in [9.17, 15) is 9.59 Å². The molecule has 0 heterocycles. The van der Waals surface area contributed by atoms with E-state index in [0.717, 1.165) is 0 Å². The fraction of sp³-hybridized carbons (Fsp3) is 0.429. The van der Waals surface area contributed by atoms with Crippen molar-refractivity contribution in [1.82, 2.24) is 0 Å². The number of carbonyl (C=O) groups is 2. The molecular weight excluding hydrogens is 248 g/mol. The van der Waals surface area contributed by atoms with Gasteiger partial charge in [-0.15, -0.1) is 0 Å². The van der Waals surface area contributed by atoms with Crippen LogP contribution in [0.15, 0.2) is 24.3 Å². The summed E-state index contributed by atoms with van der Waals surface area (Å²) in [5.41, 5.74) is 0.695. The van der Waals surface area contributed by atoms with E-state index in [-0.39, 0.29) is 6.42 Å². The van der Waals surface area contributed by atoms with Crippen molar-refractivity contribution in [3.63, 3.8) is 0 Å². The van der Waals surface area contributed by atoms with Gasteiger partial charge in [0, 0.05) is 0 Å². The fourth-order valence-electron chi connectivity index (χ4n) is 1.69. The van der Waals surface area contributed by atoms with Crippen LogP contribution in [0.25, 0.3) is 0 Å². The second kappa shape index (κ2) is 7.41. The smallest absolute Gasteiger partial charge is 0.313 e. The van der Waals surface area contributed by atoms with Gasteiger partial charge in [-0.2, -0.15) is 0 Å². The standard InChI is InChI=1S/C14H18O5/c1-4-19-11-7-5-10(6-8-11)12(14(16)18-3)9-13(15)17-2/h5-8,12H,4,9H2,1-3H3/t12-/m0/s1. The monoisotopic (exact) mass is 266 g/mol. The van der Waals surface area contributed by atoms with Crippen molar-refractivity contribution in [2.24, 2.45) is 0 Å². The highest BCUT2D eigenvalue weighted by atomic mass is 16.5. The van der Waals surface area contributed by atoms with E-state index in [1.54, 1.807) is 24.3 Å². The van der Waals surface area contributed by atoms with Gasteiger partial charge in [-0.05, 0) is 24.6 Å². The molecule has 1 aromatic carbocycles. The normalized spacial score (nSPS) is 11.5. The van der Waals surface area contributed by atoms with E-state index in [2.05, 4.69) is 4.74 Å². The molecule has 0 aliphatic rings. The molecule has 1 aromatic rings. The molecule has 0 saturated heterocycles. The van der Waals surface area contributed by atoms with Crippen LogP contribution in [0, 0.1) is 0 Å². The molecule has 1 rings (SSSR count). The summed E-state index contributed by atoms with van der Waals surface area (Å²) < 4.78 is 14.6. The zero-order valence-corrected chi connectivity index (χ0v) is 11.3. The Labute approximate surface area is 112 Å². The Balaban J connectivity index is 2.90. The van der Waals surface area contributed by atoms with Crippen LogP contribution in [0.3, 0.4) is 0 Å². The number of hydrogen-bond donors (Lipinski definition) is 0. The van der Waals surface area contributed by atoms with E-state index in [0.29, 0.717) is 17.9 Å². The quantitative estimate of drug-likeness (QED) is 0.736. The van der Waals surface area contributed by atoms with Gasteiger partial charge in [-0.3, -0.25) is 9.59 Å². The van der Waals surface area contributed by atoms with Crippen molar-refractivity contribution in [3.05, 3.63) is 29.8 Å². The number of benzene rings is 1. The van der Waals surface area contributed by atoms with Gasteiger partial charge in [-0.25, -0.2) is 0 Å². The Morgan fingerprint density at radius 2 is 1.74 bits per heavy atom. The lowest BCUT2D eigenvalue weighted by atomic mass is 9.96. The van der Waals surface area contributed by atoms with Crippen molar-refractivity contribution in [2.75, 3.05) is 20.8 Å². The van der Waals surface area contributed by atoms with Gasteiger partial charge in [0.1, 0.15) is 5.75 Å². The second-order valence-electron chi connectivity index (χ2n) is 3.86. The van der Waals surface area contributed by atoms with Crippen LogP contribution >= 0.6 is 0 Å². The Hall–Kier alpha value is -2.04. The molecule has 0 aromatic heterocycles. The number of methoxy groups -OCH3 is 2. The Bertz CT molecular complexity index is 424. The van der Waals surface area contributed by atoms with Gasteiger partial charge in [0.25, 0.3) is 0 Å². The van der Waals surface area contributed by atoms with Crippen molar-refractivity contribution in [2.45, 2.75) is 19.3 Å². The minimum absolute atomic E-state index is 0.0445. The summed E-state index contributed by atoms with van der Waals surface area (Å²) in [7, 11) is 2.58. The van der Waals surface area contributed by atoms with Crippen LogP contribution in [0.2, 0.25) is 0 Å². The molecule has 0 aliphatic heterocycles. The van der Waals surface area contributed by atoms with Crippen LogP contribution in [0.4, 0.5) is 0 Å². The van der Waals surface area contributed by atoms with Crippen LogP contribution in [-0.2, 0) is 19.1 Å². The number of ether oxygens (including phenoxy) is 3. The van der Waals surface area contributed by atoms with E-state index >= 15 is 0 Å². The molecule has 0 fully saturated rings. The SMILES string of the molecule is CCOc1ccc([C@H](CC(=O)OC)C(=O)OC)cc1. The number of hydrogen-bond acceptors (Lipinski definition) is 5. The molecule has 0 saturated carbocycles. The first-order chi connectivity index (χ1) is 9.12. The highest BCUT2D eigenvalue weighted by Gasteiger charge is 2.25. The molecule has 19 heavy (non-hydrogen) atoms. The molecule has 5 nitrogen and oxygen atoms in total. The third-order valence-corrected chi connectivity index (χ3v) is 2.68. The van der Waals surface area contributed by atoms with Gasteiger partial charge in [0.05, 0.1) is 33.2 Å². The molecule has 0 spiro atoms. The predicted molar refractivity (Wildman–Crippen MR) is 69.0 cm³/mol. The van der Waals surface area contributed by atoms with Gasteiger partial charge in [0.15, 0.2) is 0 Å². The van der Waals surface area contributed by atoms with Crippen LogP contribution in [0.1, 0.15) is 24.8 Å². The average molecular weight is 266 g/mol.